The van der Waals surface area contributed by atoms with Crippen LogP contribution in [0.4, 0.5) is 4.39 Å². The molecule has 3 nitrogen and oxygen atoms in total. The molecule has 2 heterocycles. The highest BCUT2D eigenvalue weighted by Crippen LogP contribution is 2.41. The van der Waals surface area contributed by atoms with Gasteiger partial charge in [0.1, 0.15) is 25.6 Å². The third-order valence-electron chi connectivity index (χ3n) is 6.86. The van der Waals surface area contributed by atoms with Gasteiger partial charge < -0.3 is 0 Å². The summed E-state index contributed by atoms with van der Waals surface area (Å²) in [5.41, 5.74) is 7.25. The first-order valence-corrected chi connectivity index (χ1v) is 13.7. The van der Waals surface area contributed by atoms with Gasteiger partial charge in [0.15, 0.2) is 5.82 Å². The van der Waals surface area contributed by atoms with Crippen LogP contribution < -0.4 is 0 Å². The summed E-state index contributed by atoms with van der Waals surface area (Å²) in [4.78, 5) is 12.3. The zero-order valence-electron chi connectivity index (χ0n) is 21.1. The van der Waals surface area contributed by atoms with E-state index >= 15 is 4.39 Å². The average Bonchev–Trinajstić information content (AvgIpc) is 2.79. The van der Waals surface area contributed by atoms with E-state index in [0.29, 0.717) is 27.6 Å². The predicted octanol–water partition coefficient (Wildman–Crippen LogP) is 7.55. The summed E-state index contributed by atoms with van der Waals surface area (Å²) in [6, 6.07) is 11.8. The first-order valence-electron chi connectivity index (χ1n) is 12.0. The van der Waals surface area contributed by atoms with Crippen LogP contribution in [0.2, 0.25) is 16.6 Å². The summed E-state index contributed by atoms with van der Waals surface area (Å²) >= 11 is 0. The zero-order valence-corrected chi connectivity index (χ0v) is 21.1. The van der Waals surface area contributed by atoms with Gasteiger partial charge >= 0.3 is 0 Å². The Balaban J connectivity index is 1.99. The lowest BCUT2D eigenvalue weighted by Crippen LogP contribution is -2.43. The Morgan fingerprint density at radius 1 is 0.909 bits per heavy atom. The average molecular weight is 457 g/mol. The fourth-order valence-corrected chi connectivity index (χ4v) is 10.5. The van der Waals surface area contributed by atoms with Crippen molar-refractivity contribution in [3.8, 4) is 22.7 Å². The van der Waals surface area contributed by atoms with E-state index in [1.807, 2.05) is 36.4 Å². The first kappa shape index (κ1) is 21.7. The predicted molar refractivity (Wildman–Crippen MR) is 138 cm³/mol. The van der Waals surface area contributed by atoms with Crippen molar-refractivity contribution in [2.75, 3.05) is 0 Å². The van der Waals surface area contributed by atoms with Crippen molar-refractivity contribution in [3.63, 3.8) is 0 Å². The fourth-order valence-electron chi connectivity index (χ4n) is 5.31. The molecule has 4 aromatic rings. The highest BCUT2D eigenvalue weighted by atomic mass is 28.3. The molecule has 0 N–H and O–H groups in total. The van der Waals surface area contributed by atoms with E-state index in [9.17, 15) is 0 Å². The summed E-state index contributed by atoms with van der Waals surface area (Å²) < 4.78 is 23.6. The van der Waals surface area contributed by atoms with Crippen LogP contribution in [0.1, 0.15) is 48.5 Å². The van der Waals surface area contributed by atoms with Crippen LogP contribution in [0, 0.1) is 17.3 Å². The number of benzene rings is 2. The number of pyridine rings is 1. The number of fused-ring (bicyclic) bond motifs is 2. The van der Waals surface area contributed by atoms with Gasteiger partial charge in [0.05, 0.1) is 1.37 Å². The third-order valence-corrected chi connectivity index (χ3v) is 13.2. The van der Waals surface area contributed by atoms with Crippen molar-refractivity contribution < 1.29 is 5.76 Å². The Morgan fingerprint density at radius 2 is 1.58 bits per heavy atom. The first-order chi connectivity index (χ1) is 16.2. The summed E-state index contributed by atoms with van der Waals surface area (Å²) in [6.07, 6.45) is 2.66. The molecule has 0 spiro atoms. The molecule has 0 unspecified atom stereocenters. The maximum atomic E-state index is 15.6. The molecule has 33 heavy (non-hydrogen) atoms. The molecule has 2 aromatic carbocycles. The Hall–Kier alpha value is -3.10. The fraction of sp³-hybridized carbons (Fsp3) is 0.321. The number of nitrogens with zero attached hydrogens (tertiary/aromatic N) is 3. The molecule has 0 amide bonds. The van der Waals surface area contributed by atoms with Crippen LogP contribution in [-0.2, 0) is 0 Å². The van der Waals surface area contributed by atoms with Crippen LogP contribution in [0.5, 0.6) is 0 Å². The topological polar surface area (TPSA) is 38.7 Å². The third kappa shape index (κ3) is 3.93. The van der Waals surface area contributed by atoms with Crippen LogP contribution in [0.25, 0.3) is 32.9 Å². The van der Waals surface area contributed by atoms with Crippen molar-refractivity contribution in [2.45, 2.75) is 58.2 Å². The minimum atomic E-state index is -1.94. The van der Waals surface area contributed by atoms with Gasteiger partial charge in [0.2, 0.25) is 0 Å². The summed E-state index contributed by atoms with van der Waals surface area (Å²) in [5.74, 6) is 3.01. The quantitative estimate of drug-likeness (QED) is 0.235. The molecular weight excluding hydrogens is 425 g/mol. The van der Waals surface area contributed by atoms with Crippen LogP contribution >= 0.6 is 0 Å². The van der Waals surface area contributed by atoms with Gasteiger partial charge in [-0.15, -0.1) is 5.54 Å². The maximum Gasteiger partial charge on any atom is 0.175 e. The van der Waals surface area contributed by atoms with Gasteiger partial charge in [-0.1, -0.05) is 77.8 Å². The number of hydrogen-bond donors (Lipinski definition) is 0. The Kier molecular flexibility index (Phi) is 5.95. The van der Waals surface area contributed by atoms with Gasteiger partial charge in [-0.2, -0.15) is 0 Å². The van der Waals surface area contributed by atoms with E-state index in [2.05, 4.69) is 68.0 Å². The second-order valence-electron chi connectivity index (χ2n) is 9.52. The highest BCUT2D eigenvalue weighted by molar-refractivity contribution is 6.90. The lowest BCUT2D eigenvalue weighted by Gasteiger charge is -2.38. The Labute approximate surface area is 197 Å². The van der Waals surface area contributed by atoms with Crippen molar-refractivity contribution in [2.24, 2.45) is 0 Å². The standard InChI is InChI=1S/C28H30FN3Si/c1-18(2)33(19(3)4,20(5)6)14-13-22-10-7-9-21-11-8-12-24(25(21)22)28-26(29)27-23(16-31-28)15-30-17-32-27/h7-12,15-20H,1-6H3/i15D. The van der Waals surface area contributed by atoms with E-state index in [1.165, 1.54) is 12.5 Å². The van der Waals surface area contributed by atoms with Crippen molar-refractivity contribution >= 4 is 29.7 Å². The van der Waals surface area contributed by atoms with E-state index in [1.54, 1.807) is 0 Å². The monoisotopic (exact) mass is 456 g/mol. The SMILES string of the molecule is [2H]c1ncnc2c(F)c(-c3cccc4cccc(C#C[Si](C(C)C)(C(C)C)C(C)C)c34)ncc12. The molecule has 168 valence electrons. The van der Waals surface area contributed by atoms with Gasteiger partial charge in [0.25, 0.3) is 0 Å². The summed E-state index contributed by atoms with van der Waals surface area (Å²) in [7, 11) is -1.94. The second-order valence-corrected chi connectivity index (χ2v) is 15.1. The van der Waals surface area contributed by atoms with Crippen molar-refractivity contribution in [1.82, 2.24) is 15.0 Å². The Morgan fingerprint density at radius 3 is 2.24 bits per heavy atom. The van der Waals surface area contributed by atoms with E-state index < -0.39 is 13.9 Å². The molecule has 5 heteroatoms. The smallest absolute Gasteiger partial charge is 0.175 e. The lowest BCUT2D eigenvalue weighted by molar-refractivity contribution is 0.635. The molecule has 0 aliphatic carbocycles. The van der Waals surface area contributed by atoms with E-state index in [-0.39, 0.29) is 17.4 Å². The van der Waals surface area contributed by atoms with Crippen molar-refractivity contribution in [3.05, 3.63) is 66.5 Å². The molecule has 4 rings (SSSR count). The van der Waals surface area contributed by atoms with E-state index in [4.69, 9.17) is 1.37 Å². The normalized spacial score (nSPS) is 12.5. The lowest BCUT2D eigenvalue weighted by atomic mass is 9.97. The molecule has 0 bridgehead atoms. The minimum absolute atomic E-state index is 0.0372. The zero-order chi connectivity index (χ0) is 24.6. The molecule has 0 aliphatic rings. The van der Waals surface area contributed by atoms with Crippen LogP contribution in [0.15, 0.2) is 55.1 Å². The number of hydrogen-bond acceptors (Lipinski definition) is 3. The minimum Gasteiger partial charge on any atom is -0.252 e. The summed E-state index contributed by atoms with van der Waals surface area (Å²) in [5, 5.41) is 2.17. The molecule has 0 saturated carbocycles. The number of rotatable bonds is 4. The maximum absolute atomic E-state index is 15.6. The van der Waals surface area contributed by atoms with Gasteiger partial charge in [0, 0.05) is 34.3 Å². The van der Waals surface area contributed by atoms with Gasteiger partial charge in [-0.3, -0.25) is 4.98 Å². The number of halogens is 1. The van der Waals surface area contributed by atoms with Gasteiger partial charge in [-0.05, 0) is 28.1 Å². The van der Waals surface area contributed by atoms with Crippen LogP contribution in [-0.4, -0.2) is 23.0 Å². The number of aromatic nitrogens is 3. The molecule has 2 aromatic heterocycles. The highest BCUT2D eigenvalue weighted by Gasteiger charge is 2.41. The second kappa shape index (κ2) is 9.03. The Bertz CT molecular complexity index is 1410. The van der Waals surface area contributed by atoms with E-state index in [0.717, 1.165) is 16.3 Å². The molecule has 0 fully saturated rings. The largest absolute Gasteiger partial charge is 0.252 e. The molecule has 0 saturated heterocycles. The molecule has 0 atom stereocenters. The van der Waals surface area contributed by atoms with Crippen LogP contribution in [0.3, 0.4) is 0 Å². The summed E-state index contributed by atoms with van der Waals surface area (Å²) in [6.45, 7) is 13.8. The molecular formula is C28H30FN3Si. The van der Waals surface area contributed by atoms with Gasteiger partial charge in [-0.25, -0.2) is 14.4 Å². The molecule has 0 aliphatic heterocycles. The molecule has 0 radical (unpaired) electrons. The van der Waals surface area contributed by atoms with Crippen molar-refractivity contribution in [1.29, 1.82) is 0 Å².